The lowest BCUT2D eigenvalue weighted by Gasteiger charge is -2.24. The molecule has 0 saturated heterocycles. The first-order valence-electron chi connectivity index (χ1n) is 18.1. The molecule has 0 aliphatic heterocycles. The monoisotopic (exact) mass is 674 g/mol. The molecule has 0 rings (SSSR count). The predicted molar refractivity (Wildman–Crippen MR) is 187 cm³/mol. The van der Waals surface area contributed by atoms with Crippen LogP contribution in [0.4, 0.5) is 0 Å². The second-order valence-corrected chi connectivity index (χ2v) is 14.7. The van der Waals surface area contributed by atoms with E-state index >= 15 is 0 Å². The first-order valence-corrected chi connectivity index (χ1v) is 19.6. The number of allylic oxidation sites excluding steroid dienone is 4. The van der Waals surface area contributed by atoms with Crippen molar-refractivity contribution in [3.63, 3.8) is 0 Å². The summed E-state index contributed by atoms with van der Waals surface area (Å²) in [6.45, 7) is 4.31. The molecule has 0 aromatic carbocycles. The summed E-state index contributed by atoms with van der Waals surface area (Å²) >= 11 is 0. The fraction of sp³-hybridized carbons (Fsp3) is 0.833. The van der Waals surface area contributed by atoms with Crippen molar-refractivity contribution >= 4 is 19.8 Å². The average Bonchev–Trinajstić information content (AvgIpc) is 2.99. The molecule has 1 N–H and O–H groups in total. The molecule has 0 radical (unpaired) electrons. The largest absolute Gasteiger partial charge is 0.472 e. The molecule has 0 heterocycles. The van der Waals surface area contributed by atoms with Crippen LogP contribution in [0.25, 0.3) is 0 Å². The van der Waals surface area contributed by atoms with Crippen molar-refractivity contribution in [1.82, 2.24) is 0 Å². The maximum absolute atomic E-state index is 12.6. The van der Waals surface area contributed by atoms with Gasteiger partial charge in [-0.3, -0.25) is 18.6 Å². The summed E-state index contributed by atoms with van der Waals surface area (Å²) in [5.74, 6) is -0.821. The molecule has 0 saturated carbocycles. The van der Waals surface area contributed by atoms with Gasteiger partial charge < -0.3 is 18.9 Å². The Hall–Kier alpha value is -1.51. The van der Waals surface area contributed by atoms with E-state index in [-0.39, 0.29) is 32.0 Å². The number of unbranched alkanes of at least 4 members (excludes halogenated alkanes) is 14. The number of carbonyl (C=O) groups is 2. The average molecular weight is 675 g/mol. The fourth-order valence-corrected chi connectivity index (χ4v) is 5.30. The predicted octanol–water partition coefficient (Wildman–Crippen LogP) is 9.24. The summed E-state index contributed by atoms with van der Waals surface area (Å²) in [5, 5.41) is 0. The summed E-state index contributed by atoms with van der Waals surface area (Å²) in [4.78, 5) is 35.0. The molecule has 0 fully saturated rings. The number of quaternary nitrogens is 1. The van der Waals surface area contributed by atoms with E-state index in [1.54, 1.807) is 0 Å². The van der Waals surface area contributed by atoms with Gasteiger partial charge in [-0.05, 0) is 38.5 Å². The lowest BCUT2D eigenvalue weighted by molar-refractivity contribution is -0.870. The van der Waals surface area contributed by atoms with Crippen molar-refractivity contribution in [3.05, 3.63) is 24.3 Å². The lowest BCUT2D eigenvalue weighted by Crippen LogP contribution is -2.37. The molecule has 0 aromatic heterocycles. The summed E-state index contributed by atoms with van der Waals surface area (Å²) < 4.78 is 34.0. The number of rotatable bonds is 32. The third-order valence-corrected chi connectivity index (χ3v) is 8.47. The highest BCUT2D eigenvalue weighted by molar-refractivity contribution is 7.47. The van der Waals surface area contributed by atoms with Gasteiger partial charge in [0, 0.05) is 12.8 Å². The molecule has 1 unspecified atom stereocenters. The molecule has 0 spiro atoms. The van der Waals surface area contributed by atoms with E-state index in [1.165, 1.54) is 44.9 Å². The van der Waals surface area contributed by atoms with Gasteiger partial charge in [-0.15, -0.1) is 0 Å². The zero-order valence-electron chi connectivity index (χ0n) is 30.1. The van der Waals surface area contributed by atoms with Crippen LogP contribution in [0.1, 0.15) is 142 Å². The zero-order chi connectivity index (χ0) is 34.4. The van der Waals surface area contributed by atoms with Crippen LogP contribution in [-0.2, 0) is 32.7 Å². The first-order chi connectivity index (χ1) is 22.0. The van der Waals surface area contributed by atoms with Crippen LogP contribution in [0.3, 0.4) is 0 Å². The molecule has 0 aliphatic carbocycles. The van der Waals surface area contributed by atoms with Crippen molar-refractivity contribution in [2.24, 2.45) is 0 Å². The number of hydrogen-bond acceptors (Lipinski definition) is 7. The molecule has 2 atom stereocenters. The van der Waals surface area contributed by atoms with Gasteiger partial charge in [0.15, 0.2) is 6.10 Å². The van der Waals surface area contributed by atoms with Crippen LogP contribution in [0.2, 0.25) is 0 Å². The van der Waals surface area contributed by atoms with Crippen molar-refractivity contribution in [1.29, 1.82) is 0 Å². The first kappa shape index (κ1) is 44.5. The Balaban J connectivity index is 4.48. The van der Waals surface area contributed by atoms with E-state index in [2.05, 4.69) is 38.2 Å². The minimum absolute atomic E-state index is 0.0298. The maximum atomic E-state index is 12.6. The molecule has 0 aliphatic rings. The minimum atomic E-state index is -4.36. The van der Waals surface area contributed by atoms with Gasteiger partial charge >= 0.3 is 19.8 Å². The highest BCUT2D eigenvalue weighted by Crippen LogP contribution is 2.43. The topological polar surface area (TPSA) is 108 Å². The Kier molecular flexibility index (Phi) is 28.6. The molecule has 9 nitrogen and oxygen atoms in total. The zero-order valence-corrected chi connectivity index (χ0v) is 31.0. The molecular formula is C36H69NO8P+. The van der Waals surface area contributed by atoms with Gasteiger partial charge in [0.05, 0.1) is 27.7 Å². The summed E-state index contributed by atoms with van der Waals surface area (Å²) in [7, 11) is 1.46. The molecule has 0 amide bonds. The van der Waals surface area contributed by atoms with E-state index < -0.39 is 26.5 Å². The third-order valence-electron chi connectivity index (χ3n) is 7.48. The quantitative estimate of drug-likeness (QED) is 0.0247. The number of ether oxygens (including phenoxy) is 2. The highest BCUT2D eigenvalue weighted by atomic mass is 31.2. The number of hydrogen-bond donors (Lipinski definition) is 1. The molecule has 46 heavy (non-hydrogen) atoms. The van der Waals surface area contributed by atoms with Crippen LogP contribution in [0, 0.1) is 0 Å². The van der Waals surface area contributed by atoms with Crippen LogP contribution in [0.15, 0.2) is 24.3 Å². The molecule has 270 valence electrons. The van der Waals surface area contributed by atoms with E-state index in [9.17, 15) is 19.0 Å². The third kappa shape index (κ3) is 32.4. The van der Waals surface area contributed by atoms with Crippen LogP contribution in [0.5, 0.6) is 0 Å². The summed E-state index contributed by atoms with van der Waals surface area (Å²) in [5.41, 5.74) is 0. The Morgan fingerprint density at radius 1 is 0.674 bits per heavy atom. The minimum Gasteiger partial charge on any atom is -0.462 e. The van der Waals surface area contributed by atoms with Gasteiger partial charge in [-0.2, -0.15) is 0 Å². The van der Waals surface area contributed by atoms with Gasteiger partial charge in [0.2, 0.25) is 0 Å². The fourth-order valence-electron chi connectivity index (χ4n) is 4.56. The van der Waals surface area contributed by atoms with Crippen LogP contribution in [-0.4, -0.2) is 74.9 Å². The second-order valence-electron chi connectivity index (χ2n) is 13.3. The lowest BCUT2D eigenvalue weighted by atomic mass is 10.1. The van der Waals surface area contributed by atoms with Gasteiger partial charge in [0.1, 0.15) is 19.8 Å². The Morgan fingerprint density at radius 3 is 1.78 bits per heavy atom. The number of nitrogens with zero attached hydrogens (tertiary/aromatic N) is 1. The molecule has 0 bridgehead atoms. The van der Waals surface area contributed by atoms with E-state index in [1.807, 2.05) is 21.1 Å². The maximum Gasteiger partial charge on any atom is 0.472 e. The Labute approximate surface area is 281 Å². The van der Waals surface area contributed by atoms with Crippen LogP contribution >= 0.6 is 7.82 Å². The molecule has 0 aromatic rings. The van der Waals surface area contributed by atoms with Crippen molar-refractivity contribution in [2.45, 2.75) is 148 Å². The number of carbonyl (C=O) groups excluding carboxylic acids is 2. The second kappa shape index (κ2) is 29.6. The normalized spacial score (nSPS) is 14.1. The summed E-state index contributed by atoms with van der Waals surface area (Å²) in [6, 6.07) is 0. The number of phosphoric acid groups is 1. The highest BCUT2D eigenvalue weighted by Gasteiger charge is 2.27. The number of phosphoric ester groups is 1. The van der Waals surface area contributed by atoms with E-state index in [4.69, 9.17) is 18.5 Å². The van der Waals surface area contributed by atoms with Crippen molar-refractivity contribution in [2.75, 3.05) is 47.5 Å². The van der Waals surface area contributed by atoms with Crippen molar-refractivity contribution in [3.8, 4) is 0 Å². The van der Waals surface area contributed by atoms with Crippen molar-refractivity contribution < 1.29 is 42.1 Å². The van der Waals surface area contributed by atoms with Gasteiger partial charge in [-0.1, -0.05) is 115 Å². The van der Waals surface area contributed by atoms with Gasteiger partial charge in [0.25, 0.3) is 0 Å². The SMILES string of the molecule is CCCC/C=C/C/C=C/CCCCCCCC(=O)O[C@H](COC(=O)CCCCCCCCCC)COP(=O)(O)OCC[N+](C)(C)C. The van der Waals surface area contributed by atoms with E-state index in [0.717, 1.165) is 64.2 Å². The smallest absolute Gasteiger partial charge is 0.462 e. The molecular weight excluding hydrogens is 605 g/mol. The van der Waals surface area contributed by atoms with Gasteiger partial charge in [-0.25, -0.2) is 4.57 Å². The summed E-state index contributed by atoms with van der Waals surface area (Å²) in [6.07, 6.45) is 28.0. The van der Waals surface area contributed by atoms with E-state index in [0.29, 0.717) is 17.4 Å². The molecule has 10 heteroatoms. The Morgan fingerprint density at radius 2 is 1.20 bits per heavy atom. The number of esters is 2. The number of likely N-dealkylation sites (N-methyl/N-ethyl adjacent to an activating group) is 1. The Bertz CT molecular complexity index is 855. The standard InChI is InChI=1S/C36H68NO8P/c1-6-8-10-12-14-16-17-18-19-20-21-23-25-27-29-36(39)45-34(33-44-46(40,41)43-31-30-37(3,4)5)32-42-35(38)28-26-24-22-15-13-11-9-7-2/h12,14,17-18,34H,6-11,13,15-16,19-33H2,1-5H3/p+1/b14-12+,18-17+/t34-/m1/s1. The van der Waals surface area contributed by atoms with Crippen LogP contribution < -0.4 is 0 Å².